The third kappa shape index (κ3) is 3.20. The molecule has 0 radical (unpaired) electrons. The molecule has 1 aromatic carbocycles. The van der Waals surface area contributed by atoms with Gasteiger partial charge in [-0.3, -0.25) is 4.79 Å². The van der Waals surface area contributed by atoms with Crippen molar-refractivity contribution in [1.82, 2.24) is 4.90 Å². The number of phenolic OH excluding ortho intramolecular Hbond substituents is 1. The van der Waals surface area contributed by atoms with E-state index in [1.807, 2.05) is 0 Å². The number of aliphatic hydroxyl groups excluding tert-OH is 1. The molecule has 1 spiro atoms. The van der Waals surface area contributed by atoms with Crippen molar-refractivity contribution in [2.24, 2.45) is 0 Å². The van der Waals surface area contributed by atoms with Gasteiger partial charge >= 0.3 is 0 Å². The Morgan fingerprint density at radius 3 is 2.65 bits per heavy atom. The van der Waals surface area contributed by atoms with Gasteiger partial charge < -0.3 is 25.0 Å². The standard InChI is InChI=1S/C17H23NO5/c1-16(22)11-17(23-10-14(16)20)5-7-18(8-6-17)15(21)12-3-2-4-13(19)9-12/h2-4,9,14,19-20,22H,5-8,10-11H2,1H3/t14-,16-/m0/s1. The number of aliphatic hydroxyl groups is 2. The second kappa shape index (κ2) is 5.78. The fraction of sp³-hybridized carbons (Fsp3) is 0.588. The van der Waals surface area contributed by atoms with E-state index in [1.165, 1.54) is 12.1 Å². The number of likely N-dealkylation sites (tertiary alicyclic amines) is 1. The Kier molecular flexibility index (Phi) is 4.08. The molecule has 23 heavy (non-hydrogen) atoms. The molecule has 1 aromatic rings. The van der Waals surface area contributed by atoms with E-state index in [9.17, 15) is 20.1 Å². The van der Waals surface area contributed by atoms with Crippen molar-refractivity contribution in [2.75, 3.05) is 19.7 Å². The Hall–Kier alpha value is -1.63. The number of rotatable bonds is 1. The number of hydrogen-bond donors (Lipinski definition) is 3. The number of phenols is 1. The van der Waals surface area contributed by atoms with Gasteiger partial charge in [0, 0.05) is 25.1 Å². The summed E-state index contributed by atoms with van der Waals surface area (Å²) in [5, 5.41) is 29.6. The lowest BCUT2D eigenvalue weighted by molar-refractivity contribution is -0.221. The first-order valence-electron chi connectivity index (χ1n) is 7.94. The highest BCUT2D eigenvalue weighted by Gasteiger charge is 2.48. The zero-order chi connectivity index (χ0) is 16.7. The van der Waals surface area contributed by atoms with Crippen molar-refractivity contribution < 1.29 is 24.9 Å². The predicted molar refractivity (Wildman–Crippen MR) is 83.2 cm³/mol. The van der Waals surface area contributed by atoms with E-state index in [0.717, 1.165) is 0 Å². The Balaban J connectivity index is 1.66. The van der Waals surface area contributed by atoms with Crippen molar-refractivity contribution in [1.29, 1.82) is 0 Å². The minimum Gasteiger partial charge on any atom is -0.508 e. The third-order valence-corrected chi connectivity index (χ3v) is 5.00. The molecule has 126 valence electrons. The molecule has 0 aromatic heterocycles. The summed E-state index contributed by atoms with van der Waals surface area (Å²) in [6.45, 7) is 2.81. The van der Waals surface area contributed by atoms with Crippen molar-refractivity contribution in [3.63, 3.8) is 0 Å². The van der Waals surface area contributed by atoms with Gasteiger partial charge in [-0.05, 0) is 38.0 Å². The molecule has 6 nitrogen and oxygen atoms in total. The Morgan fingerprint density at radius 1 is 1.35 bits per heavy atom. The molecule has 2 aliphatic heterocycles. The van der Waals surface area contributed by atoms with E-state index < -0.39 is 17.3 Å². The van der Waals surface area contributed by atoms with Gasteiger partial charge in [-0.15, -0.1) is 0 Å². The first-order chi connectivity index (χ1) is 10.8. The highest BCUT2D eigenvalue weighted by molar-refractivity contribution is 5.94. The number of piperidine rings is 1. The molecule has 2 saturated heterocycles. The third-order valence-electron chi connectivity index (χ3n) is 5.00. The minimum atomic E-state index is -1.16. The van der Waals surface area contributed by atoms with Crippen LogP contribution >= 0.6 is 0 Å². The van der Waals surface area contributed by atoms with Crippen LogP contribution in [0.4, 0.5) is 0 Å². The molecule has 0 aliphatic carbocycles. The summed E-state index contributed by atoms with van der Waals surface area (Å²) in [5.41, 5.74) is -1.17. The number of carbonyl (C=O) groups excluding carboxylic acids is 1. The van der Waals surface area contributed by atoms with E-state index in [-0.39, 0.29) is 18.3 Å². The zero-order valence-corrected chi connectivity index (χ0v) is 13.2. The molecule has 2 aliphatic rings. The van der Waals surface area contributed by atoms with E-state index in [0.29, 0.717) is 37.9 Å². The number of ether oxygens (including phenoxy) is 1. The lowest BCUT2D eigenvalue weighted by Gasteiger charge is -2.49. The molecule has 2 fully saturated rings. The molecule has 3 N–H and O–H groups in total. The molecule has 2 heterocycles. The molecule has 3 rings (SSSR count). The predicted octanol–water partition coefficient (Wildman–Crippen LogP) is 0.899. The summed E-state index contributed by atoms with van der Waals surface area (Å²) < 4.78 is 5.82. The van der Waals surface area contributed by atoms with Crippen LogP contribution in [0.1, 0.15) is 36.5 Å². The van der Waals surface area contributed by atoms with Crippen LogP contribution in [0.2, 0.25) is 0 Å². The number of amides is 1. The maximum Gasteiger partial charge on any atom is 0.253 e. The molecular weight excluding hydrogens is 298 g/mol. The van der Waals surface area contributed by atoms with Crippen molar-refractivity contribution in [2.45, 2.75) is 43.5 Å². The number of carbonyl (C=O) groups is 1. The number of aromatic hydroxyl groups is 1. The maximum absolute atomic E-state index is 12.5. The van der Waals surface area contributed by atoms with Crippen molar-refractivity contribution in [3.8, 4) is 5.75 Å². The summed E-state index contributed by atoms with van der Waals surface area (Å²) >= 11 is 0. The minimum absolute atomic E-state index is 0.0741. The average molecular weight is 321 g/mol. The largest absolute Gasteiger partial charge is 0.508 e. The Bertz CT molecular complexity index is 592. The fourth-order valence-corrected chi connectivity index (χ4v) is 3.52. The molecule has 0 unspecified atom stereocenters. The number of nitrogens with zero attached hydrogens (tertiary/aromatic N) is 1. The van der Waals surface area contributed by atoms with Crippen molar-refractivity contribution >= 4 is 5.91 Å². The van der Waals surface area contributed by atoms with Crippen LogP contribution in [0.5, 0.6) is 5.75 Å². The summed E-state index contributed by atoms with van der Waals surface area (Å²) in [7, 11) is 0. The highest BCUT2D eigenvalue weighted by atomic mass is 16.5. The van der Waals surface area contributed by atoms with Gasteiger partial charge in [0.25, 0.3) is 5.91 Å². The van der Waals surface area contributed by atoms with E-state index in [2.05, 4.69) is 0 Å². The van der Waals surface area contributed by atoms with Crippen LogP contribution in [0.3, 0.4) is 0 Å². The van der Waals surface area contributed by atoms with Crippen LogP contribution in [-0.4, -0.2) is 63.1 Å². The first kappa shape index (κ1) is 16.2. The molecule has 2 atom stereocenters. The van der Waals surface area contributed by atoms with E-state index in [1.54, 1.807) is 24.0 Å². The zero-order valence-electron chi connectivity index (χ0n) is 13.2. The van der Waals surface area contributed by atoms with Crippen LogP contribution in [0, 0.1) is 0 Å². The van der Waals surface area contributed by atoms with Gasteiger partial charge in [-0.2, -0.15) is 0 Å². The van der Waals surface area contributed by atoms with Gasteiger partial charge in [0.2, 0.25) is 0 Å². The smallest absolute Gasteiger partial charge is 0.253 e. The summed E-state index contributed by atoms with van der Waals surface area (Å²) in [5.74, 6) is -0.0386. The fourth-order valence-electron chi connectivity index (χ4n) is 3.52. The Labute approximate surface area is 135 Å². The van der Waals surface area contributed by atoms with E-state index >= 15 is 0 Å². The summed E-state index contributed by atoms with van der Waals surface area (Å²) in [6.07, 6.45) is 0.746. The maximum atomic E-state index is 12.5. The highest BCUT2D eigenvalue weighted by Crippen LogP contribution is 2.39. The molecule has 6 heteroatoms. The van der Waals surface area contributed by atoms with Gasteiger partial charge in [0.1, 0.15) is 11.9 Å². The monoisotopic (exact) mass is 321 g/mol. The first-order valence-corrected chi connectivity index (χ1v) is 7.94. The number of hydrogen-bond acceptors (Lipinski definition) is 5. The molecule has 0 saturated carbocycles. The van der Waals surface area contributed by atoms with Gasteiger partial charge in [-0.25, -0.2) is 0 Å². The molecular formula is C17H23NO5. The number of benzene rings is 1. The summed E-state index contributed by atoms with van der Waals surface area (Å²) in [4.78, 5) is 14.2. The SMILES string of the molecule is C[C@]1(O)CC2(CCN(C(=O)c3cccc(O)c3)CC2)OC[C@@H]1O. The van der Waals surface area contributed by atoms with Crippen LogP contribution in [0.25, 0.3) is 0 Å². The molecule has 1 amide bonds. The van der Waals surface area contributed by atoms with Gasteiger partial charge in [-0.1, -0.05) is 6.07 Å². The second-order valence-corrected chi connectivity index (χ2v) is 6.89. The average Bonchev–Trinajstić information content (AvgIpc) is 2.51. The Morgan fingerprint density at radius 2 is 2.04 bits per heavy atom. The van der Waals surface area contributed by atoms with Crippen LogP contribution < -0.4 is 0 Å². The summed E-state index contributed by atoms with van der Waals surface area (Å²) in [6, 6.07) is 6.33. The normalized spacial score (nSPS) is 30.4. The van der Waals surface area contributed by atoms with Crippen LogP contribution in [-0.2, 0) is 4.74 Å². The van der Waals surface area contributed by atoms with Gasteiger partial charge in [0.05, 0.1) is 17.8 Å². The topological polar surface area (TPSA) is 90.2 Å². The van der Waals surface area contributed by atoms with E-state index in [4.69, 9.17) is 4.74 Å². The lowest BCUT2D eigenvalue weighted by atomic mass is 9.76. The quantitative estimate of drug-likeness (QED) is 0.715. The van der Waals surface area contributed by atoms with Crippen LogP contribution in [0.15, 0.2) is 24.3 Å². The van der Waals surface area contributed by atoms with Gasteiger partial charge in [0.15, 0.2) is 0 Å². The second-order valence-electron chi connectivity index (χ2n) is 6.89. The lowest BCUT2D eigenvalue weighted by Crippen LogP contribution is -2.59. The molecule has 0 bridgehead atoms. The van der Waals surface area contributed by atoms with Crippen molar-refractivity contribution in [3.05, 3.63) is 29.8 Å².